The van der Waals surface area contributed by atoms with Crippen LogP contribution in [0.3, 0.4) is 0 Å². The molecule has 9 nitrogen and oxygen atoms in total. The summed E-state index contributed by atoms with van der Waals surface area (Å²) in [4.78, 5) is 26.2. The smallest absolute Gasteiger partial charge is 0.257 e. The Morgan fingerprint density at radius 2 is 1.78 bits per heavy atom. The minimum absolute atomic E-state index is 0.285. The molecule has 0 aliphatic carbocycles. The van der Waals surface area contributed by atoms with Crippen molar-refractivity contribution >= 4 is 50.6 Å². The number of fused-ring (bicyclic) bond motifs is 3. The maximum atomic E-state index is 13.4. The molecule has 3 aromatic carbocycles. The number of nitrogens with two attached hydrogens (primary N) is 1. The summed E-state index contributed by atoms with van der Waals surface area (Å²) in [6.45, 7) is 3.00. The normalized spacial score (nSPS) is 12.5. The van der Waals surface area contributed by atoms with Crippen LogP contribution in [0.4, 0.5) is 23.0 Å². The molecule has 0 bridgehead atoms. The number of nitrogens with one attached hydrogen (secondary N) is 2. The van der Waals surface area contributed by atoms with Crippen molar-refractivity contribution in [2.75, 3.05) is 29.6 Å². The highest BCUT2D eigenvalue weighted by Gasteiger charge is 2.17. The van der Waals surface area contributed by atoms with E-state index in [9.17, 15) is 4.79 Å². The topological polar surface area (TPSA) is 124 Å². The van der Waals surface area contributed by atoms with Gasteiger partial charge in [0.1, 0.15) is 31.2 Å². The lowest BCUT2D eigenvalue weighted by Crippen LogP contribution is -2.15. The number of para-hydroxylation sites is 1. The Bertz CT molecular complexity index is 1650. The molecule has 1 aliphatic rings. The molecule has 1 aliphatic heterocycles. The number of amides is 1. The van der Waals surface area contributed by atoms with Crippen molar-refractivity contribution in [2.24, 2.45) is 0 Å². The van der Waals surface area contributed by atoms with Gasteiger partial charge in [-0.3, -0.25) is 4.79 Å². The maximum Gasteiger partial charge on any atom is 0.257 e. The molecule has 4 N–H and O–H groups in total. The van der Waals surface area contributed by atoms with E-state index in [1.54, 1.807) is 24.4 Å². The first-order chi connectivity index (χ1) is 17.6. The number of aryl methyl sites for hydroxylation is 1. The second kappa shape index (κ2) is 8.70. The van der Waals surface area contributed by atoms with Crippen LogP contribution in [0.15, 0.2) is 67.1 Å². The first-order valence-corrected chi connectivity index (χ1v) is 11.4. The molecule has 36 heavy (non-hydrogen) atoms. The van der Waals surface area contributed by atoms with Gasteiger partial charge in [0.05, 0.1) is 16.8 Å². The van der Waals surface area contributed by atoms with Gasteiger partial charge in [0.2, 0.25) is 0 Å². The molecular weight excluding hydrogens is 456 g/mol. The van der Waals surface area contributed by atoms with Gasteiger partial charge >= 0.3 is 0 Å². The summed E-state index contributed by atoms with van der Waals surface area (Å²) in [6.07, 6.45) is 3.07. The summed E-state index contributed by atoms with van der Waals surface area (Å²) in [7, 11) is 0. The molecular formula is C27H22N6O3. The number of carbonyl (C=O) groups is 1. The van der Waals surface area contributed by atoms with E-state index in [2.05, 4.69) is 25.6 Å². The minimum Gasteiger partial charge on any atom is -0.486 e. The molecule has 0 saturated carbocycles. The Balaban J connectivity index is 1.37. The fourth-order valence-electron chi connectivity index (χ4n) is 4.36. The highest BCUT2D eigenvalue weighted by molar-refractivity contribution is 6.16. The Kier molecular flexibility index (Phi) is 5.22. The van der Waals surface area contributed by atoms with Crippen LogP contribution in [-0.2, 0) is 0 Å². The third-order valence-corrected chi connectivity index (χ3v) is 6.14. The van der Waals surface area contributed by atoms with Crippen molar-refractivity contribution in [3.8, 4) is 11.5 Å². The Morgan fingerprint density at radius 1 is 0.917 bits per heavy atom. The maximum absolute atomic E-state index is 13.4. The molecule has 178 valence electrons. The Labute approximate surface area is 206 Å². The number of hydrogen-bond donors (Lipinski definition) is 3. The predicted molar refractivity (Wildman–Crippen MR) is 139 cm³/mol. The van der Waals surface area contributed by atoms with Crippen LogP contribution in [0, 0.1) is 6.92 Å². The van der Waals surface area contributed by atoms with Gasteiger partial charge in [-0.2, -0.15) is 0 Å². The summed E-state index contributed by atoms with van der Waals surface area (Å²) >= 11 is 0. The van der Waals surface area contributed by atoms with Gasteiger partial charge in [-0.1, -0.05) is 18.2 Å². The molecule has 6 rings (SSSR count). The molecule has 0 spiro atoms. The molecule has 0 radical (unpaired) electrons. The zero-order valence-electron chi connectivity index (χ0n) is 19.4. The highest BCUT2D eigenvalue weighted by atomic mass is 16.6. The monoisotopic (exact) mass is 478 g/mol. The van der Waals surface area contributed by atoms with Crippen molar-refractivity contribution in [3.05, 3.63) is 78.2 Å². The zero-order chi connectivity index (χ0) is 24.6. The number of anilines is 4. The zero-order valence-corrected chi connectivity index (χ0v) is 19.4. The third kappa shape index (κ3) is 3.76. The summed E-state index contributed by atoms with van der Waals surface area (Å²) < 4.78 is 11.3. The minimum atomic E-state index is -0.285. The standard InChI is InChI=1S/C27H22N6O3/c1-15-5-7-18-17(9-10-29-26(18)32-16-6-8-21-22(13-16)36-12-11-35-21)23(15)33-27(34)20-4-2-3-19-24(20)30-14-31-25(19)28/h2-10,13-14H,11-12H2,1H3,(H,29,32)(H,33,34)(H2,28,30,31). The number of hydrogen-bond acceptors (Lipinski definition) is 8. The van der Waals surface area contributed by atoms with Gasteiger partial charge in [0.15, 0.2) is 11.5 Å². The van der Waals surface area contributed by atoms with Gasteiger partial charge in [-0.15, -0.1) is 0 Å². The van der Waals surface area contributed by atoms with E-state index in [0.29, 0.717) is 52.8 Å². The number of nitrogens with zero attached hydrogens (tertiary/aromatic N) is 3. The van der Waals surface area contributed by atoms with Gasteiger partial charge in [0.25, 0.3) is 5.91 Å². The van der Waals surface area contributed by atoms with Crippen LogP contribution in [0.2, 0.25) is 0 Å². The summed E-state index contributed by atoms with van der Waals surface area (Å²) in [5.41, 5.74) is 9.34. The van der Waals surface area contributed by atoms with Crippen molar-refractivity contribution in [2.45, 2.75) is 6.92 Å². The molecule has 0 saturated heterocycles. The lowest BCUT2D eigenvalue weighted by molar-refractivity contribution is 0.102. The highest BCUT2D eigenvalue weighted by Crippen LogP contribution is 2.36. The van der Waals surface area contributed by atoms with E-state index in [4.69, 9.17) is 15.2 Å². The van der Waals surface area contributed by atoms with Crippen LogP contribution in [0.5, 0.6) is 11.5 Å². The Morgan fingerprint density at radius 3 is 2.67 bits per heavy atom. The van der Waals surface area contributed by atoms with Crippen LogP contribution >= 0.6 is 0 Å². The predicted octanol–water partition coefficient (Wildman–Crippen LogP) is 4.84. The van der Waals surface area contributed by atoms with Gasteiger partial charge in [-0.25, -0.2) is 15.0 Å². The van der Waals surface area contributed by atoms with Crippen molar-refractivity contribution in [3.63, 3.8) is 0 Å². The van der Waals surface area contributed by atoms with Crippen LogP contribution in [0.1, 0.15) is 15.9 Å². The first-order valence-electron chi connectivity index (χ1n) is 11.4. The van der Waals surface area contributed by atoms with Crippen molar-refractivity contribution in [1.82, 2.24) is 15.0 Å². The van der Waals surface area contributed by atoms with Crippen LogP contribution in [0.25, 0.3) is 21.7 Å². The van der Waals surface area contributed by atoms with Crippen molar-refractivity contribution in [1.29, 1.82) is 0 Å². The number of aromatic nitrogens is 3. The largest absolute Gasteiger partial charge is 0.486 e. The van der Waals surface area contributed by atoms with Gasteiger partial charge < -0.3 is 25.8 Å². The van der Waals surface area contributed by atoms with Crippen LogP contribution in [-0.4, -0.2) is 34.1 Å². The van der Waals surface area contributed by atoms with Crippen LogP contribution < -0.4 is 25.8 Å². The molecule has 9 heteroatoms. The van der Waals surface area contributed by atoms with Gasteiger partial charge in [0, 0.05) is 34.1 Å². The summed E-state index contributed by atoms with van der Waals surface area (Å²) in [5.74, 6) is 2.11. The number of rotatable bonds is 4. The third-order valence-electron chi connectivity index (χ3n) is 6.14. The van der Waals surface area contributed by atoms with Crippen molar-refractivity contribution < 1.29 is 14.3 Å². The number of carbonyl (C=O) groups excluding carboxylic acids is 1. The lowest BCUT2D eigenvalue weighted by atomic mass is 10.0. The van der Waals surface area contributed by atoms with Gasteiger partial charge in [-0.05, 0) is 42.8 Å². The molecule has 1 amide bonds. The fraction of sp³-hybridized carbons (Fsp3) is 0.111. The quantitative estimate of drug-likeness (QED) is 0.335. The van der Waals surface area contributed by atoms with E-state index >= 15 is 0 Å². The number of pyridine rings is 1. The Hall–Kier alpha value is -4.92. The van der Waals surface area contributed by atoms with E-state index in [1.807, 2.05) is 43.3 Å². The lowest BCUT2D eigenvalue weighted by Gasteiger charge is -2.19. The van der Waals surface area contributed by atoms with E-state index in [0.717, 1.165) is 27.8 Å². The molecule has 0 fully saturated rings. The second-order valence-corrected chi connectivity index (χ2v) is 8.41. The number of benzene rings is 3. The molecule has 3 heterocycles. The molecule has 0 unspecified atom stereocenters. The fourth-order valence-corrected chi connectivity index (χ4v) is 4.36. The summed E-state index contributed by atoms with van der Waals surface area (Å²) in [6, 6.07) is 16.8. The molecule has 0 atom stereocenters. The van der Waals surface area contributed by atoms with E-state index < -0.39 is 0 Å². The molecule has 2 aromatic heterocycles. The van der Waals surface area contributed by atoms with E-state index in [1.165, 1.54) is 6.33 Å². The number of ether oxygens (including phenoxy) is 2. The first kappa shape index (κ1) is 21.6. The SMILES string of the molecule is Cc1ccc2c(Nc3ccc4c(c3)OCCO4)nccc2c1NC(=O)c1cccc2c(N)ncnc12. The average molecular weight is 479 g/mol. The van der Waals surface area contributed by atoms with E-state index in [-0.39, 0.29) is 5.91 Å². The second-order valence-electron chi connectivity index (χ2n) is 8.41. The average Bonchev–Trinajstić information content (AvgIpc) is 2.90. The number of nitrogen functional groups attached to an aromatic ring is 1. The summed E-state index contributed by atoms with van der Waals surface area (Å²) in [5, 5.41) is 8.80. The molecule has 5 aromatic rings.